The van der Waals surface area contributed by atoms with Gasteiger partial charge in [-0.3, -0.25) is 19.2 Å². The second-order valence-corrected chi connectivity index (χ2v) is 16.8. The van der Waals surface area contributed by atoms with E-state index in [2.05, 4.69) is 48.5 Å². The first kappa shape index (κ1) is 40.2. The van der Waals surface area contributed by atoms with Gasteiger partial charge in [0.15, 0.2) is 5.78 Å². The van der Waals surface area contributed by atoms with E-state index in [1.807, 2.05) is 164 Å². The Morgan fingerprint density at radius 3 is 1.20 bits per heavy atom. The van der Waals surface area contributed by atoms with Gasteiger partial charge in [-0.15, -0.1) is 0 Å². The van der Waals surface area contributed by atoms with E-state index in [1.54, 1.807) is 6.07 Å². The van der Waals surface area contributed by atoms with Crippen molar-refractivity contribution in [2.45, 2.75) is 12.8 Å². The number of ketones is 4. The Kier molecular flexibility index (Phi) is 10.3. The van der Waals surface area contributed by atoms with Crippen molar-refractivity contribution in [3.8, 4) is 0 Å². The van der Waals surface area contributed by atoms with Crippen LogP contribution in [-0.2, 0) is 22.4 Å². The first-order valence-corrected chi connectivity index (χ1v) is 22.2. The zero-order valence-electron chi connectivity index (χ0n) is 35.8. The van der Waals surface area contributed by atoms with Gasteiger partial charge >= 0.3 is 0 Å². The van der Waals surface area contributed by atoms with Crippen LogP contribution < -0.4 is 0 Å². The van der Waals surface area contributed by atoms with Gasteiger partial charge in [0.05, 0.1) is 0 Å². The standard InChI is InChI=1S/C31H18O.C16H8O2.C15H14O/c32-31-26(19-10-3-1-4-11-19)29-24-17-9-16-23-22-15-8-7-14-21(22)18-25(28(23)24)30(29)27(31)20-12-5-2-6-13-20;17-15-12-7-3-6-11-10-5-2-1-4-9(10)8-13(14(11)12)16(15)18;16-15(11-13-7-3-1-4-8-13)12-14-9-5-2-6-10-14/h1-18H;1-8H;1-10H,11-12H2. The van der Waals surface area contributed by atoms with Gasteiger partial charge in [-0.2, -0.15) is 0 Å². The Hall–Kier alpha value is -8.60. The highest BCUT2D eigenvalue weighted by atomic mass is 16.2. The van der Waals surface area contributed by atoms with Crippen LogP contribution in [0.5, 0.6) is 0 Å². The molecule has 0 aromatic heterocycles. The third kappa shape index (κ3) is 6.97. The normalized spacial score (nSPS) is 13.3. The van der Waals surface area contributed by atoms with Gasteiger partial charge in [-0.25, -0.2) is 0 Å². The number of hydrogen-bond donors (Lipinski definition) is 0. The molecule has 4 nitrogen and oxygen atoms in total. The fraction of sp³-hybridized carbons (Fsp3) is 0.0323. The number of carbonyl (C=O) groups is 4. The summed E-state index contributed by atoms with van der Waals surface area (Å²) in [5.41, 5.74) is 11.3. The lowest BCUT2D eigenvalue weighted by Gasteiger charge is -2.11. The van der Waals surface area contributed by atoms with E-state index in [9.17, 15) is 19.2 Å². The summed E-state index contributed by atoms with van der Waals surface area (Å²) in [4.78, 5) is 49.7. The number of fused-ring (bicyclic) bond motifs is 7. The van der Waals surface area contributed by atoms with E-state index >= 15 is 0 Å². The Labute approximate surface area is 381 Å². The fourth-order valence-corrected chi connectivity index (χ4v) is 9.95. The molecule has 0 saturated heterocycles. The van der Waals surface area contributed by atoms with Crippen LogP contribution in [0.3, 0.4) is 0 Å². The van der Waals surface area contributed by atoms with E-state index in [4.69, 9.17) is 0 Å². The molecule has 0 atom stereocenters. The highest BCUT2D eigenvalue weighted by Crippen LogP contribution is 2.57. The van der Waals surface area contributed by atoms with Gasteiger partial charge in [0.2, 0.25) is 11.6 Å². The smallest absolute Gasteiger partial charge is 0.234 e. The third-order valence-corrected chi connectivity index (χ3v) is 12.8. The summed E-state index contributed by atoms with van der Waals surface area (Å²) in [6.07, 6.45) is 1.05. The summed E-state index contributed by atoms with van der Waals surface area (Å²) in [5.74, 6) is -0.390. The molecule has 0 unspecified atom stereocenters. The zero-order valence-corrected chi connectivity index (χ0v) is 35.8. The van der Waals surface area contributed by atoms with E-state index in [0.29, 0.717) is 24.0 Å². The topological polar surface area (TPSA) is 68.3 Å². The average Bonchev–Trinajstić information content (AvgIpc) is 3.94. The molecule has 0 fully saturated rings. The van der Waals surface area contributed by atoms with Gasteiger partial charge in [-0.1, -0.05) is 206 Å². The van der Waals surface area contributed by atoms with Gasteiger partial charge in [-0.05, 0) is 83.2 Å². The number of Topliss-reactive ketones (excluding diaryl/α,β-unsaturated/α-hetero) is 4. The molecule has 0 bridgehead atoms. The summed E-state index contributed by atoms with van der Waals surface area (Å²) in [6, 6.07) is 72.5. The average molecular weight is 849 g/mol. The molecule has 0 spiro atoms. The summed E-state index contributed by atoms with van der Waals surface area (Å²) < 4.78 is 0. The predicted molar refractivity (Wildman–Crippen MR) is 268 cm³/mol. The summed E-state index contributed by atoms with van der Waals surface area (Å²) >= 11 is 0. The molecule has 13 rings (SSSR count). The summed E-state index contributed by atoms with van der Waals surface area (Å²) in [6.45, 7) is 0. The fourth-order valence-electron chi connectivity index (χ4n) is 9.95. The molecule has 0 N–H and O–H groups in total. The largest absolute Gasteiger partial charge is 0.299 e. The number of hydrogen-bond acceptors (Lipinski definition) is 4. The zero-order chi connectivity index (χ0) is 44.7. The third-order valence-electron chi connectivity index (χ3n) is 12.8. The van der Waals surface area contributed by atoms with Crippen LogP contribution in [0.25, 0.3) is 65.4 Å². The van der Waals surface area contributed by atoms with Gasteiger partial charge < -0.3 is 0 Å². The molecule has 0 heterocycles. The molecule has 0 saturated carbocycles. The van der Waals surface area contributed by atoms with Crippen LogP contribution >= 0.6 is 0 Å². The van der Waals surface area contributed by atoms with Crippen molar-refractivity contribution in [1.29, 1.82) is 0 Å². The summed E-state index contributed by atoms with van der Waals surface area (Å²) in [7, 11) is 0. The minimum atomic E-state index is -0.383. The molecule has 3 aliphatic carbocycles. The monoisotopic (exact) mass is 848 g/mol. The van der Waals surface area contributed by atoms with E-state index in [1.165, 1.54) is 27.1 Å². The van der Waals surface area contributed by atoms with Crippen molar-refractivity contribution < 1.29 is 19.2 Å². The molecule has 10 aromatic carbocycles. The maximum absolute atomic E-state index is 14.0. The van der Waals surface area contributed by atoms with Crippen molar-refractivity contribution >= 4 is 88.5 Å². The van der Waals surface area contributed by atoms with Crippen LogP contribution in [0.2, 0.25) is 0 Å². The lowest BCUT2D eigenvalue weighted by atomic mass is 9.91. The Bertz CT molecular complexity index is 3630. The van der Waals surface area contributed by atoms with Crippen molar-refractivity contribution in [3.63, 3.8) is 0 Å². The van der Waals surface area contributed by atoms with Crippen molar-refractivity contribution in [2.75, 3.05) is 0 Å². The van der Waals surface area contributed by atoms with E-state index in [-0.39, 0.29) is 23.1 Å². The number of rotatable bonds is 6. The molecule has 66 heavy (non-hydrogen) atoms. The van der Waals surface area contributed by atoms with Crippen LogP contribution in [0, 0.1) is 0 Å². The van der Waals surface area contributed by atoms with Gasteiger partial charge in [0, 0.05) is 51.6 Å². The summed E-state index contributed by atoms with van der Waals surface area (Å²) in [5, 5.41) is 8.84. The molecule has 0 aliphatic heterocycles. The molecule has 0 amide bonds. The lowest BCUT2D eigenvalue weighted by Crippen LogP contribution is -2.06. The molecular formula is C62H40O4. The Morgan fingerprint density at radius 1 is 0.303 bits per heavy atom. The molecule has 312 valence electrons. The van der Waals surface area contributed by atoms with Crippen molar-refractivity contribution in [2.24, 2.45) is 0 Å². The van der Waals surface area contributed by atoms with E-state index in [0.717, 1.165) is 71.7 Å². The molecule has 3 aliphatic rings. The quantitative estimate of drug-likeness (QED) is 0.123. The number of benzene rings is 10. The van der Waals surface area contributed by atoms with Crippen molar-refractivity contribution in [3.05, 3.63) is 263 Å². The van der Waals surface area contributed by atoms with Crippen LogP contribution in [0.4, 0.5) is 0 Å². The Balaban J connectivity index is 0.000000120. The highest BCUT2D eigenvalue weighted by Gasteiger charge is 2.40. The predicted octanol–water partition coefficient (Wildman–Crippen LogP) is 13.8. The maximum atomic E-state index is 14.0. The van der Waals surface area contributed by atoms with Gasteiger partial charge in [0.1, 0.15) is 5.78 Å². The second kappa shape index (κ2) is 16.8. The van der Waals surface area contributed by atoms with Gasteiger partial charge in [0.25, 0.3) is 0 Å². The van der Waals surface area contributed by atoms with Crippen molar-refractivity contribution in [1.82, 2.24) is 0 Å². The van der Waals surface area contributed by atoms with E-state index < -0.39 is 0 Å². The first-order valence-electron chi connectivity index (χ1n) is 22.2. The highest BCUT2D eigenvalue weighted by molar-refractivity contribution is 6.61. The lowest BCUT2D eigenvalue weighted by molar-refractivity contribution is -0.117. The van der Waals surface area contributed by atoms with Crippen LogP contribution in [0.15, 0.2) is 218 Å². The Morgan fingerprint density at radius 2 is 0.682 bits per heavy atom. The molecule has 0 radical (unpaired) electrons. The number of allylic oxidation sites excluding steroid dienone is 4. The minimum absolute atomic E-state index is 0.114. The molecule has 10 aromatic rings. The maximum Gasteiger partial charge on any atom is 0.234 e. The SMILES string of the molecule is O=C(Cc1ccccc1)Cc1ccccc1.O=C1C(=O)c2cc3ccccc3c3cccc1c23.O=C1C(c2ccccc2)=C2C(=C1c1ccccc1)c1cc3ccccc3c3cccc2c13. The number of carbonyl (C=O) groups excluding carboxylic acids is 4. The van der Waals surface area contributed by atoms with Crippen LogP contribution in [-0.4, -0.2) is 23.1 Å². The minimum Gasteiger partial charge on any atom is -0.299 e. The molecular weight excluding hydrogens is 809 g/mol. The second-order valence-electron chi connectivity index (χ2n) is 16.8. The van der Waals surface area contributed by atoms with Crippen LogP contribution in [0.1, 0.15) is 54.1 Å². The first-order chi connectivity index (χ1) is 32.4. The molecule has 4 heteroatoms.